The van der Waals surface area contributed by atoms with Crippen molar-refractivity contribution < 1.29 is 38.7 Å². The zero-order valence-electron chi connectivity index (χ0n) is 24.0. The zero-order chi connectivity index (χ0) is 31.2. The normalized spacial score (nSPS) is 12.5. The maximum Gasteiger partial charge on any atom is 0.466 e. The highest BCUT2D eigenvalue weighted by atomic mass is 31.2. The van der Waals surface area contributed by atoms with Gasteiger partial charge in [-0.05, 0) is 67.9 Å². The monoisotopic (exact) mass is 594 g/mol. The van der Waals surface area contributed by atoms with Crippen molar-refractivity contribution in [3.05, 3.63) is 59.7 Å². The van der Waals surface area contributed by atoms with Crippen molar-refractivity contribution in [3.8, 4) is 5.75 Å². The van der Waals surface area contributed by atoms with Gasteiger partial charge in [0.1, 0.15) is 11.8 Å². The topological polar surface area (TPSA) is 203 Å². The third-order valence-electron chi connectivity index (χ3n) is 6.19. The Bertz CT molecular complexity index is 1160. The molecule has 0 aliphatic rings. The van der Waals surface area contributed by atoms with Crippen LogP contribution in [0.3, 0.4) is 0 Å². The maximum absolute atomic E-state index is 12.9. The molecule has 3 amide bonds. The number of aryl methyl sites for hydroxylation is 1. The van der Waals surface area contributed by atoms with E-state index < -0.39 is 19.9 Å². The lowest BCUT2D eigenvalue weighted by molar-refractivity contribution is -0.137. The van der Waals surface area contributed by atoms with E-state index in [9.17, 15) is 19.5 Å². The molecular formula is C28H43N4O8P. The summed E-state index contributed by atoms with van der Waals surface area (Å²) < 4.78 is 8.88. The molecule has 0 aliphatic carbocycles. The van der Waals surface area contributed by atoms with Crippen molar-refractivity contribution in [1.29, 1.82) is 0 Å². The number of benzene rings is 2. The van der Waals surface area contributed by atoms with E-state index in [4.69, 9.17) is 25.0 Å². The number of likely N-dealkylation sites (N-methyl/N-ethyl adjacent to an activating group) is 1. The van der Waals surface area contributed by atoms with E-state index in [1.807, 2.05) is 24.3 Å². The SMILES string of the molecule is CC(C)CCNC(=O)CCCc1ccccc1NC(=O)[C@@H](C)N(C)C(=O)[C@@H](N)Cc1ccc(O)cc1.O=P(O)(O)O. The second-order valence-corrected chi connectivity index (χ2v) is 11.2. The molecular weight excluding hydrogens is 551 g/mol. The number of phenols is 1. The van der Waals surface area contributed by atoms with Gasteiger partial charge in [-0.1, -0.05) is 44.2 Å². The summed E-state index contributed by atoms with van der Waals surface area (Å²) in [7, 11) is -3.08. The highest BCUT2D eigenvalue weighted by Gasteiger charge is 2.27. The van der Waals surface area contributed by atoms with Crippen molar-refractivity contribution in [2.75, 3.05) is 18.9 Å². The highest BCUT2D eigenvalue weighted by Crippen LogP contribution is 2.25. The van der Waals surface area contributed by atoms with Gasteiger partial charge in [-0.15, -0.1) is 0 Å². The molecule has 0 bridgehead atoms. The van der Waals surface area contributed by atoms with Gasteiger partial charge < -0.3 is 41.1 Å². The Hall–Kier alpha value is -3.28. The number of aromatic hydroxyl groups is 1. The van der Waals surface area contributed by atoms with E-state index in [1.54, 1.807) is 38.2 Å². The van der Waals surface area contributed by atoms with Crippen molar-refractivity contribution >= 4 is 31.2 Å². The molecule has 0 saturated heterocycles. The highest BCUT2D eigenvalue weighted by molar-refractivity contribution is 7.45. The number of para-hydroxylation sites is 1. The minimum Gasteiger partial charge on any atom is -0.508 e. The molecule has 2 aromatic rings. The summed E-state index contributed by atoms with van der Waals surface area (Å²) in [5.74, 6) is 0.0670. The Balaban J connectivity index is 0.00000154. The molecule has 0 unspecified atom stereocenters. The predicted octanol–water partition coefficient (Wildman–Crippen LogP) is 2.30. The van der Waals surface area contributed by atoms with Crippen LogP contribution in [-0.4, -0.2) is 68.1 Å². The van der Waals surface area contributed by atoms with Gasteiger partial charge in [0.15, 0.2) is 0 Å². The second-order valence-electron chi connectivity index (χ2n) is 10.1. The largest absolute Gasteiger partial charge is 0.508 e. The molecule has 2 atom stereocenters. The van der Waals surface area contributed by atoms with Crippen LogP contribution in [-0.2, 0) is 31.8 Å². The van der Waals surface area contributed by atoms with Gasteiger partial charge >= 0.3 is 7.82 Å². The standard InChI is InChI=1S/C28H40N4O4.H3O4P/c1-19(2)16-17-30-26(34)11-7-9-22-8-5-6-10-25(22)31-27(35)20(3)32(4)28(36)24(29)18-21-12-14-23(33)15-13-21;1-5(2,3)4/h5-6,8,10,12-15,19-20,24,33H,7,9,11,16-18,29H2,1-4H3,(H,30,34)(H,31,35);(H3,1,2,3,4)/t20-,24+;/m1./s1. The number of nitrogens with one attached hydrogen (secondary N) is 2. The van der Waals surface area contributed by atoms with Crippen LogP contribution in [0.5, 0.6) is 5.75 Å². The first-order valence-corrected chi connectivity index (χ1v) is 14.9. The van der Waals surface area contributed by atoms with Crippen LogP contribution >= 0.6 is 7.82 Å². The Morgan fingerprint density at radius 2 is 1.59 bits per heavy atom. The van der Waals surface area contributed by atoms with Crippen LogP contribution in [0.2, 0.25) is 0 Å². The van der Waals surface area contributed by atoms with Gasteiger partial charge in [0, 0.05) is 25.7 Å². The van der Waals surface area contributed by atoms with E-state index in [2.05, 4.69) is 24.5 Å². The molecule has 41 heavy (non-hydrogen) atoms. The number of nitrogens with two attached hydrogens (primary N) is 1. The summed E-state index contributed by atoms with van der Waals surface area (Å²) in [6.45, 7) is 6.59. The first-order chi connectivity index (χ1) is 19.1. The van der Waals surface area contributed by atoms with Gasteiger partial charge in [0.2, 0.25) is 17.7 Å². The van der Waals surface area contributed by atoms with Gasteiger partial charge in [-0.2, -0.15) is 0 Å². The predicted molar refractivity (Wildman–Crippen MR) is 157 cm³/mol. The van der Waals surface area contributed by atoms with Crippen molar-refractivity contribution in [1.82, 2.24) is 10.2 Å². The summed E-state index contributed by atoms with van der Waals surface area (Å²) in [5, 5.41) is 15.3. The Kier molecular flexibility index (Phi) is 15.3. The average Bonchev–Trinajstić information content (AvgIpc) is 2.88. The lowest BCUT2D eigenvalue weighted by Crippen LogP contribution is -2.50. The second kappa shape index (κ2) is 17.5. The minimum atomic E-state index is -4.64. The number of amides is 3. The minimum absolute atomic E-state index is 0.0366. The van der Waals surface area contributed by atoms with E-state index in [0.717, 1.165) is 17.5 Å². The summed E-state index contributed by atoms with van der Waals surface area (Å²) in [4.78, 5) is 60.7. The number of nitrogens with zero attached hydrogens (tertiary/aromatic N) is 1. The molecule has 2 aromatic carbocycles. The number of anilines is 1. The van der Waals surface area contributed by atoms with Crippen LogP contribution in [0.4, 0.5) is 5.69 Å². The first-order valence-electron chi connectivity index (χ1n) is 13.3. The lowest BCUT2D eigenvalue weighted by atomic mass is 10.0. The molecule has 0 heterocycles. The molecule has 12 nitrogen and oxygen atoms in total. The fourth-order valence-electron chi connectivity index (χ4n) is 3.73. The Morgan fingerprint density at radius 1 is 1.00 bits per heavy atom. The third-order valence-corrected chi connectivity index (χ3v) is 6.19. The van der Waals surface area contributed by atoms with Gasteiger partial charge in [0.05, 0.1) is 6.04 Å². The molecule has 0 radical (unpaired) electrons. The number of hydrogen-bond acceptors (Lipinski definition) is 6. The number of rotatable bonds is 13. The molecule has 2 rings (SSSR count). The van der Waals surface area contributed by atoms with Crippen LogP contribution in [0, 0.1) is 5.92 Å². The van der Waals surface area contributed by atoms with Gasteiger partial charge in [-0.3, -0.25) is 14.4 Å². The molecule has 0 aliphatic heterocycles. The van der Waals surface area contributed by atoms with E-state index >= 15 is 0 Å². The lowest BCUT2D eigenvalue weighted by Gasteiger charge is -2.27. The number of phenolic OH excluding ortho intramolecular Hbond substituents is 1. The Labute approximate surface area is 241 Å². The quantitative estimate of drug-likeness (QED) is 0.170. The number of carbonyl (C=O) groups is 3. The number of hydrogen-bond donors (Lipinski definition) is 7. The first kappa shape index (κ1) is 35.7. The smallest absolute Gasteiger partial charge is 0.466 e. The molecule has 0 fully saturated rings. The molecule has 228 valence electrons. The fourth-order valence-corrected chi connectivity index (χ4v) is 3.73. The number of carbonyl (C=O) groups excluding carboxylic acids is 3. The van der Waals surface area contributed by atoms with Crippen LogP contribution in [0.1, 0.15) is 51.2 Å². The summed E-state index contributed by atoms with van der Waals surface area (Å²) in [5.41, 5.74) is 8.54. The molecule has 0 aromatic heterocycles. The van der Waals surface area contributed by atoms with Crippen molar-refractivity contribution in [2.24, 2.45) is 11.7 Å². The van der Waals surface area contributed by atoms with Crippen LogP contribution < -0.4 is 16.4 Å². The molecule has 13 heteroatoms. The number of phosphoric acid groups is 1. The molecule has 0 saturated carbocycles. The van der Waals surface area contributed by atoms with Crippen molar-refractivity contribution in [3.63, 3.8) is 0 Å². The Morgan fingerprint density at radius 3 is 2.17 bits per heavy atom. The average molecular weight is 595 g/mol. The third kappa shape index (κ3) is 15.3. The fraction of sp³-hybridized carbons (Fsp3) is 0.464. The van der Waals surface area contributed by atoms with Crippen LogP contribution in [0.25, 0.3) is 0 Å². The molecule has 8 N–H and O–H groups in total. The van der Waals surface area contributed by atoms with E-state index in [1.165, 1.54) is 4.90 Å². The van der Waals surface area contributed by atoms with Crippen molar-refractivity contribution in [2.45, 2.75) is 65.0 Å². The summed E-state index contributed by atoms with van der Waals surface area (Å²) in [6.07, 6.45) is 2.99. The van der Waals surface area contributed by atoms with Crippen LogP contribution in [0.15, 0.2) is 48.5 Å². The maximum atomic E-state index is 12.9. The van der Waals surface area contributed by atoms with Gasteiger partial charge in [0.25, 0.3) is 0 Å². The van der Waals surface area contributed by atoms with E-state index in [0.29, 0.717) is 43.8 Å². The summed E-state index contributed by atoms with van der Waals surface area (Å²) >= 11 is 0. The molecule has 0 spiro atoms. The zero-order valence-corrected chi connectivity index (χ0v) is 24.9. The summed E-state index contributed by atoms with van der Waals surface area (Å²) in [6, 6.07) is 12.5. The van der Waals surface area contributed by atoms with Gasteiger partial charge in [-0.25, -0.2) is 4.57 Å². The van der Waals surface area contributed by atoms with E-state index in [-0.39, 0.29) is 23.5 Å².